The molecule has 1 heterocycles. The zero-order valence-electron chi connectivity index (χ0n) is 11.6. The van der Waals surface area contributed by atoms with E-state index < -0.39 is 0 Å². The molecule has 1 fully saturated rings. The molecule has 1 saturated heterocycles. The molecule has 1 rings (SSSR count). The Morgan fingerprint density at radius 1 is 1.38 bits per heavy atom. The van der Waals surface area contributed by atoms with Crippen molar-refractivity contribution in [2.24, 2.45) is 5.92 Å². The van der Waals surface area contributed by atoms with Gasteiger partial charge in [-0.1, -0.05) is 6.92 Å². The monoisotopic (exact) mass is 229 g/mol. The zero-order valence-corrected chi connectivity index (χ0v) is 11.6. The third-order valence-corrected chi connectivity index (χ3v) is 3.44. The molecule has 3 nitrogen and oxygen atoms in total. The predicted octanol–water partition coefficient (Wildman–Crippen LogP) is 2.20. The van der Waals surface area contributed by atoms with Crippen molar-refractivity contribution in [2.75, 3.05) is 20.3 Å². The SMILES string of the molecule is CCNC(COC)C1CC(C)(C)OC1(C)C. The van der Waals surface area contributed by atoms with Gasteiger partial charge in [0.1, 0.15) is 0 Å². The molecule has 0 aromatic heterocycles. The average molecular weight is 229 g/mol. The van der Waals surface area contributed by atoms with Crippen LogP contribution in [-0.2, 0) is 9.47 Å². The first-order valence-corrected chi connectivity index (χ1v) is 6.25. The van der Waals surface area contributed by atoms with Crippen LogP contribution in [0.4, 0.5) is 0 Å². The van der Waals surface area contributed by atoms with E-state index in [1.807, 2.05) is 0 Å². The van der Waals surface area contributed by atoms with E-state index in [0.29, 0.717) is 12.0 Å². The fourth-order valence-electron chi connectivity index (χ4n) is 2.99. The summed E-state index contributed by atoms with van der Waals surface area (Å²) in [5, 5.41) is 3.51. The third-order valence-electron chi connectivity index (χ3n) is 3.44. The lowest BCUT2D eigenvalue weighted by Gasteiger charge is -2.33. The van der Waals surface area contributed by atoms with Crippen molar-refractivity contribution in [1.29, 1.82) is 0 Å². The first-order chi connectivity index (χ1) is 7.32. The van der Waals surface area contributed by atoms with Crippen LogP contribution in [0.2, 0.25) is 0 Å². The minimum Gasteiger partial charge on any atom is -0.383 e. The van der Waals surface area contributed by atoms with Gasteiger partial charge in [0.25, 0.3) is 0 Å². The summed E-state index contributed by atoms with van der Waals surface area (Å²) in [4.78, 5) is 0. The molecule has 2 unspecified atom stereocenters. The lowest BCUT2D eigenvalue weighted by molar-refractivity contribution is -0.0797. The van der Waals surface area contributed by atoms with Crippen LogP contribution >= 0.6 is 0 Å². The second-order valence-corrected chi connectivity index (χ2v) is 5.90. The van der Waals surface area contributed by atoms with E-state index in [2.05, 4.69) is 39.9 Å². The maximum atomic E-state index is 6.13. The molecule has 1 aliphatic heterocycles. The summed E-state index contributed by atoms with van der Waals surface area (Å²) in [6, 6.07) is 0.381. The van der Waals surface area contributed by atoms with E-state index in [-0.39, 0.29) is 11.2 Å². The molecule has 1 aliphatic rings. The Morgan fingerprint density at radius 2 is 2.00 bits per heavy atom. The number of nitrogens with one attached hydrogen (secondary N) is 1. The predicted molar refractivity (Wildman–Crippen MR) is 66.7 cm³/mol. The quantitative estimate of drug-likeness (QED) is 0.784. The highest BCUT2D eigenvalue weighted by atomic mass is 16.5. The highest BCUT2D eigenvalue weighted by Gasteiger charge is 2.48. The highest BCUT2D eigenvalue weighted by Crippen LogP contribution is 2.43. The molecule has 0 bridgehead atoms. The fraction of sp³-hybridized carbons (Fsp3) is 1.00. The van der Waals surface area contributed by atoms with Gasteiger partial charge in [0, 0.05) is 19.1 Å². The lowest BCUT2D eigenvalue weighted by Crippen LogP contribution is -2.46. The van der Waals surface area contributed by atoms with Crippen LogP contribution in [0.15, 0.2) is 0 Å². The summed E-state index contributed by atoms with van der Waals surface area (Å²) in [5.41, 5.74) is -0.0928. The van der Waals surface area contributed by atoms with E-state index in [9.17, 15) is 0 Å². The lowest BCUT2D eigenvalue weighted by atomic mass is 9.82. The summed E-state index contributed by atoms with van der Waals surface area (Å²) in [5.74, 6) is 0.502. The van der Waals surface area contributed by atoms with Crippen molar-refractivity contribution < 1.29 is 9.47 Å². The van der Waals surface area contributed by atoms with Crippen molar-refractivity contribution in [3.8, 4) is 0 Å². The maximum absolute atomic E-state index is 6.13. The van der Waals surface area contributed by atoms with Gasteiger partial charge in [-0.25, -0.2) is 0 Å². The first-order valence-electron chi connectivity index (χ1n) is 6.25. The summed E-state index contributed by atoms with van der Waals surface area (Å²) in [6.07, 6.45) is 1.08. The summed E-state index contributed by atoms with van der Waals surface area (Å²) >= 11 is 0. The number of hydrogen-bond acceptors (Lipinski definition) is 3. The topological polar surface area (TPSA) is 30.5 Å². The molecule has 0 radical (unpaired) electrons. The van der Waals surface area contributed by atoms with Gasteiger partial charge in [-0.15, -0.1) is 0 Å². The van der Waals surface area contributed by atoms with Crippen molar-refractivity contribution in [3.05, 3.63) is 0 Å². The zero-order chi connectivity index (χ0) is 12.4. The first kappa shape index (κ1) is 13.9. The van der Waals surface area contributed by atoms with Crippen LogP contribution in [0.3, 0.4) is 0 Å². The Kier molecular flexibility index (Phi) is 4.38. The largest absolute Gasteiger partial charge is 0.383 e. The standard InChI is InChI=1S/C13H27NO2/c1-7-14-11(9-15-6)10-8-12(2,3)16-13(10,4)5/h10-11,14H,7-9H2,1-6H3. The Labute approximate surface area is 99.9 Å². The van der Waals surface area contributed by atoms with E-state index in [0.717, 1.165) is 19.6 Å². The van der Waals surface area contributed by atoms with Gasteiger partial charge >= 0.3 is 0 Å². The van der Waals surface area contributed by atoms with Crippen molar-refractivity contribution in [1.82, 2.24) is 5.32 Å². The molecule has 3 heteroatoms. The summed E-state index contributed by atoms with van der Waals surface area (Å²) in [6.45, 7) is 12.6. The van der Waals surface area contributed by atoms with Crippen molar-refractivity contribution in [2.45, 2.75) is 58.3 Å². The van der Waals surface area contributed by atoms with Crippen LogP contribution < -0.4 is 5.32 Å². The molecule has 0 aromatic rings. The molecular weight excluding hydrogens is 202 g/mol. The Hall–Kier alpha value is -0.120. The minimum atomic E-state index is -0.0745. The van der Waals surface area contributed by atoms with Crippen LogP contribution in [0, 0.1) is 5.92 Å². The van der Waals surface area contributed by atoms with E-state index in [4.69, 9.17) is 9.47 Å². The van der Waals surface area contributed by atoms with Crippen LogP contribution in [-0.4, -0.2) is 37.5 Å². The number of likely N-dealkylation sites (N-methyl/N-ethyl adjacent to an activating group) is 1. The number of rotatable bonds is 5. The van der Waals surface area contributed by atoms with Crippen molar-refractivity contribution in [3.63, 3.8) is 0 Å². The molecular formula is C13H27NO2. The molecule has 16 heavy (non-hydrogen) atoms. The second kappa shape index (κ2) is 5.03. The van der Waals surface area contributed by atoms with Crippen molar-refractivity contribution >= 4 is 0 Å². The van der Waals surface area contributed by atoms with E-state index >= 15 is 0 Å². The molecule has 0 spiro atoms. The van der Waals surface area contributed by atoms with E-state index in [1.165, 1.54) is 0 Å². The van der Waals surface area contributed by atoms with E-state index in [1.54, 1.807) is 7.11 Å². The van der Waals surface area contributed by atoms with Crippen LogP contribution in [0.1, 0.15) is 41.0 Å². The van der Waals surface area contributed by atoms with Crippen LogP contribution in [0.25, 0.3) is 0 Å². The van der Waals surface area contributed by atoms with Gasteiger partial charge < -0.3 is 14.8 Å². The average Bonchev–Trinajstić information content (AvgIpc) is 2.34. The summed E-state index contributed by atoms with van der Waals surface area (Å²) in [7, 11) is 1.76. The normalized spacial score (nSPS) is 29.2. The van der Waals surface area contributed by atoms with Gasteiger partial charge in [0.05, 0.1) is 17.8 Å². The molecule has 1 N–H and O–H groups in total. The molecule has 0 amide bonds. The molecule has 96 valence electrons. The second-order valence-electron chi connectivity index (χ2n) is 5.90. The Morgan fingerprint density at radius 3 is 2.38 bits per heavy atom. The fourth-order valence-corrected chi connectivity index (χ4v) is 2.99. The number of methoxy groups -OCH3 is 1. The molecule has 2 atom stereocenters. The molecule has 0 aromatic carbocycles. The summed E-state index contributed by atoms with van der Waals surface area (Å²) < 4.78 is 11.4. The Balaban J connectivity index is 2.75. The molecule has 0 saturated carbocycles. The van der Waals surface area contributed by atoms with Gasteiger partial charge in [0.15, 0.2) is 0 Å². The third kappa shape index (κ3) is 3.19. The van der Waals surface area contributed by atoms with Gasteiger partial charge in [-0.3, -0.25) is 0 Å². The molecule has 0 aliphatic carbocycles. The maximum Gasteiger partial charge on any atom is 0.0678 e. The van der Waals surface area contributed by atoms with Gasteiger partial charge in [-0.05, 0) is 40.7 Å². The smallest absolute Gasteiger partial charge is 0.0678 e. The van der Waals surface area contributed by atoms with Gasteiger partial charge in [0.2, 0.25) is 0 Å². The van der Waals surface area contributed by atoms with Gasteiger partial charge in [-0.2, -0.15) is 0 Å². The minimum absolute atomic E-state index is 0.0183. The number of ether oxygens (including phenoxy) is 2. The highest BCUT2D eigenvalue weighted by molar-refractivity contribution is 4.99. The Bertz CT molecular complexity index is 220. The van der Waals surface area contributed by atoms with Crippen LogP contribution in [0.5, 0.6) is 0 Å². The number of hydrogen-bond donors (Lipinski definition) is 1.